The third-order valence-corrected chi connectivity index (χ3v) is 4.45. The number of anilines is 1. The quantitative estimate of drug-likeness (QED) is 0.828. The molecule has 1 heterocycles. The number of nitrogens with one attached hydrogen (secondary N) is 1. The number of carbonyl (C=O) groups excluding carboxylic acids is 2. The van der Waals surface area contributed by atoms with E-state index in [0.29, 0.717) is 22.3 Å². The summed E-state index contributed by atoms with van der Waals surface area (Å²) in [6.07, 6.45) is 0.929. The van der Waals surface area contributed by atoms with E-state index in [0.717, 1.165) is 12.0 Å². The van der Waals surface area contributed by atoms with Crippen molar-refractivity contribution in [2.45, 2.75) is 18.9 Å². The zero-order valence-electron chi connectivity index (χ0n) is 12.8. The average molecular weight is 363 g/mol. The lowest BCUT2D eigenvalue weighted by molar-refractivity contribution is -0.121. The molecule has 2 aromatic carbocycles. The van der Waals surface area contributed by atoms with Crippen molar-refractivity contribution in [2.24, 2.45) is 0 Å². The monoisotopic (exact) mass is 362 g/mol. The molecule has 1 aliphatic rings. The summed E-state index contributed by atoms with van der Waals surface area (Å²) in [5.41, 5.74) is 1.68. The molecular formula is C18H16Cl2N2O2. The van der Waals surface area contributed by atoms with Gasteiger partial charge in [-0.2, -0.15) is 0 Å². The van der Waals surface area contributed by atoms with Gasteiger partial charge in [-0.1, -0.05) is 35.3 Å². The highest BCUT2D eigenvalue weighted by Crippen LogP contribution is 2.24. The number of hydrogen-bond donors (Lipinski definition) is 1. The summed E-state index contributed by atoms with van der Waals surface area (Å²) in [4.78, 5) is 25.9. The first-order valence-electron chi connectivity index (χ1n) is 7.65. The first-order chi connectivity index (χ1) is 11.5. The van der Waals surface area contributed by atoms with Crippen molar-refractivity contribution in [1.82, 2.24) is 5.32 Å². The van der Waals surface area contributed by atoms with E-state index in [4.69, 9.17) is 23.2 Å². The Morgan fingerprint density at radius 2 is 1.54 bits per heavy atom. The summed E-state index contributed by atoms with van der Waals surface area (Å²) in [6, 6.07) is 13.8. The molecule has 1 fully saturated rings. The van der Waals surface area contributed by atoms with Crippen molar-refractivity contribution in [3.63, 3.8) is 0 Å². The molecule has 1 N–H and O–H groups in total. The van der Waals surface area contributed by atoms with Crippen molar-refractivity contribution in [2.75, 3.05) is 11.4 Å². The first-order valence-corrected chi connectivity index (χ1v) is 8.40. The lowest BCUT2D eigenvalue weighted by atomic mass is 10.1. The van der Waals surface area contributed by atoms with Crippen LogP contribution in [-0.4, -0.2) is 24.4 Å². The molecule has 0 spiro atoms. The second-order valence-corrected chi connectivity index (χ2v) is 6.50. The number of rotatable bonds is 5. The van der Waals surface area contributed by atoms with Crippen molar-refractivity contribution >= 4 is 40.7 Å². The van der Waals surface area contributed by atoms with Gasteiger partial charge >= 0.3 is 0 Å². The van der Waals surface area contributed by atoms with E-state index in [1.165, 1.54) is 4.90 Å². The molecule has 2 amide bonds. The maximum atomic E-state index is 12.5. The van der Waals surface area contributed by atoms with Crippen molar-refractivity contribution < 1.29 is 9.59 Å². The molecule has 0 radical (unpaired) electrons. The maximum Gasteiger partial charge on any atom is 0.251 e. The normalized spacial score (nSPS) is 17.6. The molecule has 1 atom stereocenters. The number of amides is 2. The molecule has 4 nitrogen and oxygen atoms in total. The third kappa shape index (κ3) is 3.78. The first kappa shape index (κ1) is 17.0. The zero-order valence-corrected chi connectivity index (χ0v) is 14.3. The van der Waals surface area contributed by atoms with E-state index >= 15 is 0 Å². The van der Waals surface area contributed by atoms with Gasteiger partial charge in [0.05, 0.1) is 18.2 Å². The van der Waals surface area contributed by atoms with Gasteiger partial charge in [0.25, 0.3) is 5.91 Å². The predicted molar refractivity (Wildman–Crippen MR) is 95.5 cm³/mol. The van der Waals surface area contributed by atoms with E-state index in [-0.39, 0.29) is 18.2 Å². The van der Waals surface area contributed by atoms with Gasteiger partial charge in [-0.15, -0.1) is 0 Å². The highest BCUT2D eigenvalue weighted by atomic mass is 35.5. The maximum absolute atomic E-state index is 12.5. The van der Waals surface area contributed by atoms with E-state index in [9.17, 15) is 9.59 Å². The number of nitrogens with zero attached hydrogens (tertiary/aromatic N) is 1. The third-order valence-electron chi connectivity index (χ3n) is 3.95. The van der Waals surface area contributed by atoms with Crippen LogP contribution in [0, 0.1) is 0 Å². The molecule has 124 valence electrons. The summed E-state index contributed by atoms with van der Waals surface area (Å²) in [5.74, 6) is -0.426. The van der Waals surface area contributed by atoms with Gasteiger partial charge in [0, 0.05) is 10.0 Å². The van der Waals surface area contributed by atoms with E-state index < -0.39 is 6.04 Å². The van der Waals surface area contributed by atoms with Crippen LogP contribution < -0.4 is 10.2 Å². The van der Waals surface area contributed by atoms with Crippen LogP contribution >= 0.6 is 23.2 Å². The topological polar surface area (TPSA) is 49.4 Å². The second kappa shape index (κ2) is 7.34. The van der Waals surface area contributed by atoms with Crippen LogP contribution in [0.5, 0.6) is 0 Å². The highest BCUT2D eigenvalue weighted by molar-refractivity contribution is 6.31. The lowest BCUT2D eigenvalue weighted by Gasteiger charge is -2.15. The lowest BCUT2D eigenvalue weighted by Crippen LogP contribution is -2.39. The second-order valence-electron chi connectivity index (χ2n) is 5.63. The minimum Gasteiger partial charge on any atom is -0.305 e. The van der Waals surface area contributed by atoms with Gasteiger partial charge in [0.1, 0.15) is 0 Å². The largest absolute Gasteiger partial charge is 0.305 e. The SMILES string of the molecule is O=C1C[C@@H](NCCc2ccc(Cl)cc2)C(=O)N1c1ccc(Cl)cc1. The Bertz CT molecular complexity index is 745. The van der Waals surface area contributed by atoms with Crippen molar-refractivity contribution in [3.8, 4) is 0 Å². The van der Waals surface area contributed by atoms with Crippen LogP contribution in [0.15, 0.2) is 48.5 Å². The molecule has 0 saturated carbocycles. The molecule has 0 bridgehead atoms. The van der Waals surface area contributed by atoms with Crippen LogP contribution in [0.4, 0.5) is 5.69 Å². The molecule has 0 aliphatic carbocycles. The zero-order chi connectivity index (χ0) is 17.1. The number of hydrogen-bond acceptors (Lipinski definition) is 3. The molecule has 24 heavy (non-hydrogen) atoms. The fourth-order valence-corrected chi connectivity index (χ4v) is 2.95. The van der Waals surface area contributed by atoms with Crippen LogP contribution in [0.1, 0.15) is 12.0 Å². The summed E-state index contributed by atoms with van der Waals surface area (Å²) in [7, 11) is 0. The van der Waals surface area contributed by atoms with Gasteiger partial charge < -0.3 is 5.32 Å². The molecule has 0 aromatic heterocycles. The van der Waals surface area contributed by atoms with Gasteiger partial charge in [0.2, 0.25) is 5.91 Å². The Hall–Kier alpha value is -1.88. The van der Waals surface area contributed by atoms with Gasteiger partial charge in [-0.05, 0) is 54.9 Å². The highest BCUT2D eigenvalue weighted by Gasteiger charge is 2.39. The Morgan fingerprint density at radius 1 is 0.958 bits per heavy atom. The van der Waals surface area contributed by atoms with E-state index in [1.54, 1.807) is 24.3 Å². The smallest absolute Gasteiger partial charge is 0.251 e. The number of carbonyl (C=O) groups is 2. The summed E-state index contributed by atoms with van der Waals surface area (Å²) in [6.45, 7) is 0.611. The molecule has 0 unspecified atom stereocenters. The van der Waals surface area contributed by atoms with Crippen molar-refractivity contribution in [3.05, 3.63) is 64.1 Å². The Labute approximate surface area is 150 Å². The molecule has 1 saturated heterocycles. The Kier molecular flexibility index (Phi) is 5.19. The molecular weight excluding hydrogens is 347 g/mol. The van der Waals surface area contributed by atoms with Crippen LogP contribution in [0.25, 0.3) is 0 Å². The number of halogens is 2. The fourth-order valence-electron chi connectivity index (χ4n) is 2.69. The van der Waals surface area contributed by atoms with Crippen molar-refractivity contribution in [1.29, 1.82) is 0 Å². The molecule has 3 rings (SSSR count). The van der Waals surface area contributed by atoms with Gasteiger partial charge in [0.15, 0.2) is 0 Å². The Morgan fingerprint density at radius 3 is 2.17 bits per heavy atom. The molecule has 6 heteroatoms. The summed E-state index contributed by atoms with van der Waals surface area (Å²) in [5, 5.41) is 4.43. The minimum absolute atomic E-state index is 0.169. The predicted octanol–water partition coefficient (Wildman–Crippen LogP) is 3.46. The minimum atomic E-state index is -0.486. The molecule has 1 aliphatic heterocycles. The Balaban J connectivity index is 1.59. The fraction of sp³-hybridized carbons (Fsp3) is 0.222. The average Bonchev–Trinajstić information content (AvgIpc) is 2.85. The van der Waals surface area contributed by atoms with E-state index in [1.807, 2.05) is 24.3 Å². The van der Waals surface area contributed by atoms with Gasteiger partial charge in [-0.25, -0.2) is 4.90 Å². The summed E-state index contributed by atoms with van der Waals surface area (Å²) < 4.78 is 0. The summed E-state index contributed by atoms with van der Waals surface area (Å²) >= 11 is 11.7. The van der Waals surface area contributed by atoms with Crippen LogP contribution in [-0.2, 0) is 16.0 Å². The van der Waals surface area contributed by atoms with Crippen LogP contribution in [0.2, 0.25) is 10.0 Å². The number of benzene rings is 2. The van der Waals surface area contributed by atoms with Crippen LogP contribution in [0.3, 0.4) is 0 Å². The standard InChI is InChI=1S/C18H16Cl2N2O2/c19-13-3-1-12(2-4-13)9-10-21-16-11-17(23)22(18(16)24)15-7-5-14(20)6-8-15/h1-8,16,21H,9-11H2/t16-/m1/s1. The van der Waals surface area contributed by atoms with Gasteiger partial charge in [-0.3, -0.25) is 9.59 Å². The molecule has 2 aromatic rings. The van der Waals surface area contributed by atoms with E-state index in [2.05, 4.69) is 5.32 Å². The number of imide groups is 1.